The van der Waals surface area contributed by atoms with E-state index in [-0.39, 0.29) is 51.2 Å². The Labute approximate surface area is 201 Å². The van der Waals surface area contributed by atoms with E-state index in [0.717, 1.165) is 0 Å². The van der Waals surface area contributed by atoms with E-state index < -0.39 is 0 Å². The number of hydrogen-bond acceptors (Lipinski definition) is 6. The summed E-state index contributed by atoms with van der Waals surface area (Å²) < 4.78 is 0. The minimum absolute atomic E-state index is 0. The molecule has 0 aliphatic carbocycles. The van der Waals surface area contributed by atoms with Crippen molar-refractivity contribution in [3.63, 3.8) is 0 Å². The molecule has 174 valence electrons. The van der Waals surface area contributed by atoms with Crippen LogP contribution in [0.15, 0.2) is 0 Å². The predicted molar refractivity (Wildman–Crippen MR) is 120 cm³/mol. The van der Waals surface area contributed by atoms with E-state index >= 15 is 0 Å². The van der Waals surface area contributed by atoms with Gasteiger partial charge in [-0.15, -0.1) is 0 Å². The molecule has 0 bridgehead atoms. The van der Waals surface area contributed by atoms with Crippen LogP contribution in [0.3, 0.4) is 0 Å². The van der Waals surface area contributed by atoms with Gasteiger partial charge < -0.3 is 45.8 Å². The van der Waals surface area contributed by atoms with Crippen molar-refractivity contribution in [3.8, 4) is 0 Å². The van der Waals surface area contributed by atoms with E-state index in [1.54, 1.807) is 0 Å². The van der Waals surface area contributed by atoms with Gasteiger partial charge in [-0.3, -0.25) is 0 Å². The number of nitrogens with zero attached hydrogens (tertiary/aromatic N) is 6. The molecule has 2 rings (SSSR count). The Morgan fingerprint density at radius 2 is 0.345 bits per heavy atom. The topological polar surface area (TPSA) is 118 Å². The molecule has 29 heavy (non-hydrogen) atoms. The van der Waals surface area contributed by atoms with Gasteiger partial charge in [-0.2, -0.15) is 0 Å². The standard InChI is InChI=1S/2C9H21N3.2Cr.3H2O/c2*1-10-4-6-11(2)8-9-12(3)7-5-10;;;;;/h2*4-9H2,1-3H3;;;3*1H2/q;;2*+3;;;/p+3. The van der Waals surface area contributed by atoms with Crippen LogP contribution < -0.4 is 0 Å². The molecule has 0 aromatic heterocycles. The van der Waals surface area contributed by atoms with E-state index in [9.17, 15) is 0 Å². The predicted octanol–water partition coefficient (Wildman–Crippen LogP) is -3.18. The molecule has 2 aliphatic rings. The third-order valence-electron chi connectivity index (χ3n) is 5.18. The second-order valence-electron chi connectivity index (χ2n) is 7.82. The Kier molecular flexibility index (Phi) is 32.3. The molecule has 0 spiro atoms. The maximum Gasteiger partial charge on any atom is 3.00 e. The molecule has 2 saturated heterocycles. The van der Waals surface area contributed by atoms with Crippen LogP contribution in [0, 0.1) is 0 Å². The second-order valence-corrected chi connectivity index (χ2v) is 7.82. The largest absolute Gasteiger partial charge is 3.00 e. The molecular formula is C18H51Cr2N6O3+9. The van der Waals surface area contributed by atoms with Crippen LogP contribution in [-0.2, 0) is 51.2 Å². The molecule has 0 amide bonds. The first-order valence-corrected chi connectivity index (χ1v) is 9.48. The Bertz CT molecular complexity index is 236. The third-order valence-corrected chi connectivity index (χ3v) is 5.18. The van der Waals surface area contributed by atoms with Crippen molar-refractivity contribution in [2.75, 3.05) is 121 Å². The maximum absolute atomic E-state index is 2.40. The third kappa shape index (κ3) is 21.7. The fourth-order valence-corrected chi connectivity index (χ4v) is 2.72. The van der Waals surface area contributed by atoms with E-state index in [1.807, 2.05) is 0 Å². The van der Waals surface area contributed by atoms with Crippen LogP contribution in [0.4, 0.5) is 0 Å². The molecule has 9 N–H and O–H groups in total. The molecule has 9 nitrogen and oxygen atoms in total. The normalized spacial score (nSPS) is 21.7. The van der Waals surface area contributed by atoms with Gasteiger partial charge in [0, 0.05) is 78.5 Å². The zero-order chi connectivity index (χ0) is 17.9. The van der Waals surface area contributed by atoms with Gasteiger partial charge in [0.15, 0.2) is 0 Å². The van der Waals surface area contributed by atoms with Crippen molar-refractivity contribution in [3.05, 3.63) is 0 Å². The first kappa shape index (κ1) is 40.1. The van der Waals surface area contributed by atoms with E-state index in [2.05, 4.69) is 71.7 Å². The zero-order valence-corrected chi connectivity index (χ0v) is 22.3. The van der Waals surface area contributed by atoms with Crippen molar-refractivity contribution >= 4 is 0 Å². The summed E-state index contributed by atoms with van der Waals surface area (Å²) in [5.74, 6) is 0. The molecule has 0 aromatic carbocycles. The van der Waals surface area contributed by atoms with Crippen molar-refractivity contribution in [2.24, 2.45) is 0 Å². The molecule has 2 aliphatic heterocycles. The average molecular weight is 504 g/mol. The van der Waals surface area contributed by atoms with Crippen molar-refractivity contribution < 1.29 is 51.2 Å². The van der Waals surface area contributed by atoms with Crippen LogP contribution in [0.5, 0.6) is 0 Å². The maximum atomic E-state index is 2.40. The summed E-state index contributed by atoms with van der Waals surface area (Å²) in [6.45, 7) is 14.4. The summed E-state index contributed by atoms with van der Waals surface area (Å²) in [6, 6.07) is 0. The first-order valence-electron chi connectivity index (χ1n) is 9.48. The molecule has 2 fully saturated rings. The van der Waals surface area contributed by atoms with E-state index in [0.29, 0.717) is 0 Å². The number of rotatable bonds is 0. The molecule has 11 heteroatoms. The molecule has 0 atom stereocenters. The second kappa shape index (κ2) is 23.4. The Hall–Kier alpha value is 0.705. The monoisotopic (exact) mass is 503 g/mol. The van der Waals surface area contributed by atoms with E-state index in [1.165, 1.54) is 78.5 Å². The first-order chi connectivity index (χ1) is 11.4. The van der Waals surface area contributed by atoms with Gasteiger partial charge in [0.05, 0.1) is 0 Å². The van der Waals surface area contributed by atoms with Crippen molar-refractivity contribution in [1.82, 2.24) is 29.4 Å². The van der Waals surface area contributed by atoms with Crippen LogP contribution in [0.1, 0.15) is 0 Å². The van der Waals surface area contributed by atoms with Gasteiger partial charge in [-0.1, -0.05) is 0 Å². The van der Waals surface area contributed by atoms with Gasteiger partial charge in [-0.25, -0.2) is 0 Å². The Balaban J connectivity index is -0.000000113. The van der Waals surface area contributed by atoms with Gasteiger partial charge in [0.1, 0.15) is 0 Å². The Morgan fingerprint density at radius 1 is 0.276 bits per heavy atom. The minimum Gasteiger partial charge on any atom is -0.457 e. The smallest absolute Gasteiger partial charge is 0.457 e. The van der Waals surface area contributed by atoms with Gasteiger partial charge in [0.2, 0.25) is 0 Å². The van der Waals surface area contributed by atoms with Gasteiger partial charge in [0.25, 0.3) is 0 Å². The van der Waals surface area contributed by atoms with Gasteiger partial charge in [-0.05, 0) is 42.3 Å². The van der Waals surface area contributed by atoms with E-state index in [4.69, 9.17) is 0 Å². The Morgan fingerprint density at radius 3 is 0.414 bits per heavy atom. The summed E-state index contributed by atoms with van der Waals surface area (Å²) in [5.41, 5.74) is 0. The summed E-state index contributed by atoms with van der Waals surface area (Å²) in [6.07, 6.45) is 0. The summed E-state index contributed by atoms with van der Waals surface area (Å²) in [5, 5.41) is 0. The number of likely N-dealkylation sites (N-methyl/N-ethyl adjacent to an activating group) is 6. The number of hydrogen-bond donors (Lipinski definition) is 0. The molecule has 0 unspecified atom stereocenters. The van der Waals surface area contributed by atoms with Crippen molar-refractivity contribution in [2.45, 2.75) is 0 Å². The summed E-state index contributed by atoms with van der Waals surface area (Å²) >= 11 is 0. The SMILES string of the molecule is CN1CCN(C)CCN(C)CC1.CN1CCN(C)CCN(C)CC1.[Cr+3].[Cr+3].[OH3+].[OH3+].[OH3+]. The fraction of sp³-hybridized carbons (Fsp3) is 1.00. The molecule has 0 saturated carbocycles. The van der Waals surface area contributed by atoms with Gasteiger partial charge >= 0.3 is 34.7 Å². The minimum atomic E-state index is 0. The van der Waals surface area contributed by atoms with Crippen molar-refractivity contribution in [1.29, 1.82) is 0 Å². The molecule has 0 aromatic rings. The molecule has 2 radical (unpaired) electrons. The van der Waals surface area contributed by atoms with Crippen LogP contribution in [0.2, 0.25) is 0 Å². The van der Waals surface area contributed by atoms with Crippen LogP contribution >= 0.6 is 0 Å². The summed E-state index contributed by atoms with van der Waals surface area (Å²) in [4.78, 5) is 14.4. The average Bonchev–Trinajstić information content (AvgIpc) is 2.68. The van der Waals surface area contributed by atoms with Crippen LogP contribution in [-0.4, -0.2) is 150 Å². The molecule has 2 heterocycles. The molecular weight excluding hydrogens is 452 g/mol. The van der Waals surface area contributed by atoms with Crippen LogP contribution in [0.25, 0.3) is 0 Å². The fourth-order valence-electron chi connectivity index (χ4n) is 2.72. The summed E-state index contributed by atoms with van der Waals surface area (Å²) in [7, 11) is 13.2. The zero-order valence-electron chi connectivity index (χ0n) is 19.7. The quantitative estimate of drug-likeness (QED) is 0.322.